The molecule has 1 saturated heterocycles. The molecule has 0 aromatic rings. The van der Waals surface area contributed by atoms with Gasteiger partial charge < -0.3 is 15.8 Å². The summed E-state index contributed by atoms with van der Waals surface area (Å²) in [6.07, 6.45) is 1.03. The highest BCUT2D eigenvalue weighted by molar-refractivity contribution is 5.90. The van der Waals surface area contributed by atoms with Crippen LogP contribution < -0.4 is 11.1 Å². The van der Waals surface area contributed by atoms with Gasteiger partial charge >= 0.3 is 0 Å². The van der Waals surface area contributed by atoms with E-state index in [0.29, 0.717) is 0 Å². The molecule has 3 atom stereocenters. The van der Waals surface area contributed by atoms with Crippen LogP contribution in [0.4, 0.5) is 0 Å². The normalized spacial score (nSPS) is 39.4. The van der Waals surface area contributed by atoms with E-state index < -0.39 is 5.54 Å². The number of rotatable bonds is 1. The van der Waals surface area contributed by atoms with Gasteiger partial charge in [0, 0.05) is 23.5 Å². The van der Waals surface area contributed by atoms with Gasteiger partial charge in [0.2, 0.25) is 5.91 Å². The molecular weight excluding hydrogens is 216 g/mol. The van der Waals surface area contributed by atoms with Crippen LogP contribution in [-0.4, -0.2) is 29.7 Å². The van der Waals surface area contributed by atoms with E-state index in [2.05, 4.69) is 5.32 Å². The lowest BCUT2D eigenvalue weighted by Crippen LogP contribution is -2.80. The molecule has 1 saturated carbocycles. The molecule has 4 nitrogen and oxygen atoms in total. The van der Waals surface area contributed by atoms with Crippen molar-refractivity contribution in [3.05, 3.63) is 0 Å². The number of nitrogens with one attached hydrogen (secondary N) is 1. The van der Waals surface area contributed by atoms with Crippen molar-refractivity contribution in [1.82, 2.24) is 5.32 Å². The molecule has 1 heterocycles. The van der Waals surface area contributed by atoms with Gasteiger partial charge in [-0.05, 0) is 27.2 Å². The SMILES string of the molecule is CC(C)(C)NC(=O)C1(N)C2CCOC2C1(C)C. The fourth-order valence-corrected chi connectivity index (χ4v) is 3.29. The molecule has 0 aromatic heterocycles. The molecule has 0 radical (unpaired) electrons. The van der Waals surface area contributed by atoms with Crippen LogP contribution in [0.25, 0.3) is 0 Å². The third-order valence-corrected chi connectivity index (χ3v) is 4.32. The minimum absolute atomic E-state index is 0.0400. The summed E-state index contributed by atoms with van der Waals surface area (Å²) < 4.78 is 5.68. The van der Waals surface area contributed by atoms with E-state index in [-0.39, 0.29) is 28.9 Å². The van der Waals surface area contributed by atoms with E-state index in [0.717, 1.165) is 13.0 Å². The molecule has 98 valence electrons. The van der Waals surface area contributed by atoms with Crippen LogP contribution in [0, 0.1) is 11.3 Å². The van der Waals surface area contributed by atoms with Gasteiger partial charge in [-0.25, -0.2) is 0 Å². The maximum Gasteiger partial charge on any atom is 0.241 e. The van der Waals surface area contributed by atoms with Crippen LogP contribution in [0.3, 0.4) is 0 Å². The largest absolute Gasteiger partial charge is 0.377 e. The lowest BCUT2D eigenvalue weighted by atomic mass is 9.48. The number of amides is 1. The fraction of sp³-hybridized carbons (Fsp3) is 0.923. The molecule has 0 aromatic carbocycles. The molecule has 0 bridgehead atoms. The number of hydrogen-bond acceptors (Lipinski definition) is 3. The summed E-state index contributed by atoms with van der Waals surface area (Å²) in [5.74, 6) is 0.126. The second-order valence-electron chi connectivity index (χ2n) is 6.98. The smallest absolute Gasteiger partial charge is 0.241 e. The molecule has 0 spiro atoms. The van der Waals surface area contributed by atoms with E-state index in [1.165, 1.54) is 0 Å². The summed E-state index contributed by atoms with van der Waals surface area (Å²) in [7, 11) is 0. The molecule has 2 rings (SSSR count). The van der Waals surface area contributed by atoms with Crippen LogP contribution in [0.1, 0.15) is 41.0 Å². The van der Waals surface area contributed by atoms with Gasteiger partial charge in [0.05, 0.1) is 6.10 Å². The zero-order chi connectivity index (χ0) is 13.1. The molecule has 2 fully saturated rings. The van der Waals surface area contributed by atoms with Crippen molar-refractivity contribution < 1.29 is 9.53 Å². The predicted octanol–water partition coefficient (Wildman–Crippen LogP) is 1.04. The van der Waals surface area contributed by atoms with Crippen LogP contribution in [0.2, 0.25) is 0 Å². The minimum Gasteiger partial charge on any atom is -0.377 e. The van der Waals surface area contributed by atoms with Crippen LogP contribution in [-0.2, 0) is 9.53 Å². The Bertz CT molecular complexity index is 346. The van der Waals surface area contributed by atoms with Crippen molar-refractivity contribution in [2.24, 2.45) is 17.1 Å². The topological polar surface area (TPSA) is 64.4 Å². The van der Waals surface area contributed by atoms with E-state index in [1.54, 1.807) is 0 Å². The molecule has 3 N–H and O–H groups in total. The zero-order valence-electron chi connectivity index (χ0n) is 11.5. The van der Waals surface area contributed by atoms with Gasteiger partial charge in [0.25, 0.3) is 0 Å². The van der Waals surface area contributed by atoms with Gasteiger partial charge in [-0.15, -0.1) is 0 Å². The lowest BCUT2D eigenvalue weighted by molar-refractivity contribution is -0.176. The molecular formula is C13H24N2O2. The summed E-state index contributed by atoms with van der Waals surface area (Å²) in [4.78, 5) is 12.4. The van der Waals surface area contributed by atoms with Crippen molar-refractivity contribution in [2.75, 3.05) is 6.61 Å². The number of carbonyl (C=O) groups is 1. The Labute approximate surface area is 103 Å². The predicted molar refractivity (Wildman–Crippen MR) is 66.4 cm³/mol. The van der Waals surface area contributed by atoms with Crippen molar-refractivity contribution in [3.63, 3.8) is 0 Å². The summed E-state index contributed by atoms with van der Waals surface area (Å²) in [6, 6.07) is 0. The highest BCUT2D eigenvalue weighted by Crippen LogP contribution is 2.58. The first-order valence-electron chi connectivity index (χ1n) is 6.34. The van der Waals surface area contributed by atoms with E-state index in [9.17, 15) is 4.79 Å². The summed E-state index contributed by atoms with van der Waals surface area (Å²) in [6.45, 7) is 10.7. The Balaban J connectivity index is 2.21. The molecule has 1 amide bonds. The molecule has 17 heavy (non-hydrogen) atoms. The Morgan fingerprint density at radius 1 is 1.41 bits per heavy atom. The average Bonchev–Trinajstić information content (AvgIpc) is 2.60. The number of fused-ring (bicyclic) bond motifs is 1. The summed E-state index contributed by atoms with van der Waals surface area (Å²) in [5, 5.41) is 3.01. The standard InChI is InChI=1S/C13H24N2O2/c1-11(2,3)15-10(16)13(14)8-6-7-17-9(8)12(13,4)5/h8-9H,6-7,14H2,1-5H3,(H,15,16). The number of ether oxygens (including phenoxy) is 1. The second kappa shape index (κ2) is 3.45. The van der Waals surface area contributed by atoms with Gasteiger partial charge in [-0.2, -0.15) is 0 Å². The number of nitrogens with two attached hydrogens (primary N) is 1. The second-order valence-corrected chi connectivity index (χ2v) is 6.98. The average molecular weight is 240 g/mol. The highest BCUT2D eigenvalue weighted by Gasteiger charge is 2.71. The van der Waals surface area contributed by atoms with Gasteiger partial charge in [-0.3, -0.25) is 4.79 Å². The maximum atomic E-state index is 12.4. The van der Waals surface area contributed by atoms with Crippen LogP contribution >= 0.6 is 0 Å². The fourth-order valence-electron chi connectivity index (χ4n) is 3.29. The Morgan fingerprint density at radius 3 is 2.53 bits per heavy atom. The van der Waals surface area contributed by atoms with E-state index in [4.69, 9.17) is 10.5 Å². The minimum atomic E-state index is -0.790. The van der Waals surface area contributed by atoms with Crippen molar-refractivity contribution in [1.29, 1.82) is 0 Å². The maximum absolute atomic E-state index is 12.4. The van der Waals surface area contributed by atoms with Gasteiger partial charge in [0.15, 0.2) is 0 Å². The number of hydrogen-bond donors (Lipinski definition) is 2. The Kier molecular flexibility index (Phi) is 2.61. The first kappa shape index (κ1) is 12.8. The number of carbonyl (C=O) groups excluding carboxylic acids is 1. The Hall–Kier alpha value is -0.610. The van der Waals surface area contributed by atoms with Crippen molar-refractivity contribution >= 4 is 5.91 Å². The highest BCUT2D eigenvalue weighted by atomic mass is 16.5. The van der Waals surface area contributed by atoms with Crippen LogP contribution in [0.5, 0.6) is 0 Å². The first-order chi connectivity index (χ1) is 7.61. The zero-order valence-corrected chi connectivity index (χ0v) is 11.5. The van der Waals surface area contributed by atoms with Gasteiger partial charge in [-0.1, -0.05) is 13.8 Å². The molecule has 3 unspecified atom stereocenters. The first-order valence-corrected chi connectivity index (χ1v) is 6.34. The summed E-state index contributed by atoms with van der Waals surface area (Å²) >= 11 is 0. The van der Waals surface area contributed by atoms with Crippen LogP contribution in [0.15, 0.2) is 0 Å². The van der Waals surface area contributed by atoms with E-state index >= 15 is 0 Å². The summed E-state index contributed by atoms with van der Waals surface area (Å²) in [5.41, 5.74) is 5.10. The quantitative estimate of drug-likeness (QED) is 0.720. The Morgan fingerprint density at radius 2 is 2.00 bits per heavy atom. The molecule has 1 aliphatic carbocycles. The molecule has 2 aliphatic rings. The molecule has 1 aliphatic heterocycles. The lowest BCUT2D eigenvalue weighted by Gasteiger charge is -2.61. The molecule has 4 heteroatoms. The van der Waals surface area contributed by atoms with Gasteiger partial charge in [0.1, 0.15) is 5.54 Å². The van der Waals surface area contributed by atoms with Crippen molar-refractivity contribution in [2.45, 2.75) is 58.2 Å². The monoisotopic (exact) mass is 240 g/mol. The van der Waals surface area contributed by atoms with Crippen molar-refractivity contribution in [3.8, 4) is 0 Å². The third-order valence-electron chi connectivity index (χ3n) is 4.32. The van der Waals surface area contributed by atoms with E-state index in [1.807, 2.05) is 34.6 Å². The third kappa shape index (κ3) is 1.61.